The molecule has 2 atom stereocenters. The van der Waals surface area contributed by atoms with Crippen LogP contribution in [0.15, 0.2) is 84.9 Å². The Kier molecular flexibility index (Phi) is 12.0. The zero-order chi connectivity index (χ0) is 27.2. The molecule has 3 rings (SSSR count). The van der Waals surface area contributed by atoms with Crippen molar-refractivity contribution in [3.05, 3.63) is 107 Å². The molecule has 0 bridgehead atoms. The van der Waals surface area contributed by atoms with E-state index in [1.54, 1.807) is 24.3 Å². The van der Waals surface area contributed by atoms with Crippen LogP contribution in [0.2, 0.25) is 0 Å². The molecule has 0 fully saturated rings. The maximum absolute atomic E-state index is 13.3. The first-order valence-corrected chi connectivity index (χ1v) is 13.3. The van der Waals surface area contributed by atoms with Crippen LogP contribution in [0.25, 0.3) is 0 Å². The molecule has 3 aromatic carbocycles. The van der Waals surface area contributed by atoms with E-state index in [4.69, 9.17) is 4.84 Å². The van der Waals surface area contributed by atoms with Crippen molar-refractivity contribution in [2.24, 2.45) is 0 Å². The summed E-state index contributed by atoms with van der Waals surface area (Å²) >= 11 is 0. The number of benzene rings is 3. The molecule has 0 aromatic heterocycles. The van der Waals surface area contributed by atoms with Gasteiger partial charge in [0.2, 0.25) is 0 Å². The number of carbonyl (C=O) groups excluding carboxylic acids is 2. The third-order valence-electron chi connectivity index (χ3n) is 6.20. The number of hydrogen-bond acceptors (Lipinski definition) is 5. The summed E-state index contributed by atoms with van der Waals surface area (Å²) in [7, 11) is 0. The third kappa shape index (κ3) is 9.10. The van der Waals surface area contributed by atoms with Gasteiger partial charge in [-0.15, -0.1) is 0 Å². The lowest BCUT2D eigenvalue weighted by Crippen LogP contribution is -2.48. The fraction of sp³-hybridized carbons (Fsp3) is 0.355. The SMILES string of the molecule is CCCN(CCC)C(=O)c1cccc(C(=O)NC(Cc2ccccc2)C(O)CNOCc2ccccc2)c1. The summed E-state index contributed by atoms with van der Waals surface area (Å²) in [5.74, 6) is -0.425. The molecule has 38 heavy (non-hydrogen) atoms. The van der Waals surface area contributed by atoms with Gasteiger partial charge in [-0.1, -0.05) is 80.6 Å². The van der Waals surface area contributed by atoms with E-state index in [1.165, 1.54) is 0 Å². The summed E-state index contributed by atoms with van der Waals surface area (Å²) in [6.07, 6.45) is 1.26. The number of aliphatic hydroxyl groups excluding tert-OH is 1. The predicted octanol–water partition coefficient (Wildman–Crippen LogP) is 4.37. The van der Waals surface area contributed by atoms with Gasteiger partial charge in [-0.2, -0.15) is 5.48 Å². The normalized spacial score (nSPS) is 12.5. The second-order valence-electron chi connectivity index (χ2n) is 9.33. The fourth-order valence-corrected chi connectivity index (χ4v) is 4.23. The predicted molar refractivity (Wildman–Crippen MR) is 150 cm³/mol. The molecular formula is C31H39N3O4. The van der Waals surface area contributed by atoms with Crippen LogP contribution in [-0.4, -0.2) is 53.6 Å². The van der Waals surface area contributed by atoms with Gasteiger partial charge in [-0.05, 0) is 48.6 Å². The number of carbonyl (C=O) groups is 2. The minimum Gasteiger partial charge on any atom is -0.390 e. The fourth-order valence-electron chi connectivity index (χ4n) is 4.23. The summed E-state index contributed by atoms with van der Waals surface area (Å²) in [6.45, 7) is 5.92. The zero-order valence-electron chi connectivity index (χ0n) is 22.3. The molecule has 0 saturated heterocycles. The first-order valence-electron chi connectivity index (χ1n) is 13.3. The maximum Gasteiger partial charge on any atom is 0.253 e. The molecule has 0 heterocycles. The van der Waals surface area contributed by atoms with E-state index in [2.05, 4.69) is 10.8 Å². The Bertz CT molecular complexity index is 1120. The van der Waals surface area contributed by atoms with E-state index in [-0.39, 0.29) is 18.4 Å². The number of hydrogen-bond donors (Lipinski definition) is 3. The van der Waals surface area contributed by atoms with Crippen molar-refractivity contribution >= 4 is 11.8 Å². The molecule has 0 saturated carbocycles. The van der Waals surface area contributed by atoms with Gasteiger partial charge in [0.05, 0.1) is 18.8 Å². The number of rotatable bonds is 15. The molecule has 3 N–H and O–H groups in total. The minimum absolute atomic E-state index is 0.0796. The van der Waals surface area contributed by atoms with Crippen LogP contribution in [0.5, 0.6) is 0 Å². The van der Waals surface area contributed by atoms with E-state index in [0.29, 0.717) is 37.2 Å². The summed E-state index contributed by atoms with van der Waals surface area (Å²) in [5.41, 5.74) is 5.68. The number of amides is 2. The average Bonchev–Trinajstić information content (AvgIpc) is 2.95. The van der Waals surface area contributed by atoms with Gasteiger partial charge in [0.1, 0.15) is 0 Å². The lowest BCUT2D eigenvalue weighted by Gasteiger charge is -2.25. The van der Waals surface area contributed by atoms with Crippen molar-refractivity contribution in [1.82, 2.24) is 15.7 Å². The van der Waals surface area contributed by atoms with Gasteiger partial charge in [0.15, 0.2) is 0 Å². The van der Waals surface area contributed by atoms with Crippen LogP contribution >= 0.6 is 0 Å². The molecule has 0 spiro atoms. The highest BCUT2D eigenvalue weighted by atomic mass is 16.6. The van der Waals surface area contributed by atoms with Crippen molar-refractivity contribution in [3.8, 4) is 0 Å². The first-order chi connectivity index (χ1) is 18.5. The minimum atomic E-state index is -0.913. The van der Waals surface area contributed by atoms with Crippen molar-refractivity contribution in [1.29, 1.82) is 0 Å². The summed E-state index contributed by atoms with van der Waals surface area (Å²) < 4.78 is 0. The second kappa shape index (κ2) is 15.7. The highest BCUT2D eigenvalue weighted by molar-refractivity contribution is 5.99. The number of nitrogens with one attached hydrogen (secondary N) is 2. The first kappa shape index (κ1) is 29.0. The van der Waals surface area contributed by atoms with Gasteiger partial charge >= 0.3 is 0 Å². The Labute approximate surface area is 225 Å². The highest BCUT2D eigenvalue weighted by Crippen LogP contribution is 2.12. The van der Waals surface area contributed by atoms with Crippen LogP contribution in [0.3, 0.4) is 0 Å². The van der Waals surface area contributed by atoms with Gasteiger partial charge in [0, 0.05) is 30.8 Å². The maximum atomic E-state index is 13.3. The van der Waals surface area contributed by atoms with Crippen LogP contribution in [0.1, 0.15) is 58.5 Å². The topological polar surface area (TPSA) is 90.9 Å². The number of aliphatic hydroxyl groups is 1. The van der Waals surface area contributed by atoms with Gasteiger partial charge in [-0.3, -0.25) is 14.4 Å². The van der Waals surface area contributed by atoms with E-state index in [0.717, 1.165) is 24.0 Å². The lowest BCUT2D eigenvalue weighted by molar-refractivity contribution is -0.00428. The molecule has 7 nitrogen and oxygen atoms in total. The molecular weight excluding hydrogens is 478 g/mol. The molecule has 202 valence electrons. The van der Waals surface area contributed by atoms with E-state index >= 15 is 0 Å². The van der Waals surface area contributed by atoms with Crippen LogP contribution < -0.4 is 10.8 Å². The van der Waals surface area contributed by atoms with Gasteiger partial charge in [-0.25, -0.2) is 0 Å². The smallest absolute Gasteiger partial charge is 0.253 e. The van der Waals surface area contributed by atoms with Crippen molar-refractivity contribution in [2.75, 3.05) is 19.6 Å². The Morgan fingerprint density at radius 3 is 2.08 bits per heavy atom. The van der Waals surface area contributed by atoms with Crippen LogP contribution in [0, 0.1) is 0 Å². The molecule has 3 aromatic rings. The summed E-state index contributed by atoms with van der Waals surface area (Å²) in [4.78, 5) is 33.7. The van der Waals surface area contributed by atoms with Gasteiger partial charge in [0.25, 0.3) is 11.8 Å². The Morgan fingerprint density at radius 2 is 1.45 bits per heavy atom. The number of nitrogens with zero attached hydrogens (tertiary/aromatic N) is 1. The van der Waals surface area contributed by atoms with E-state index in [1.807, 2.05) is 79.4 Å². The molecule has 0 aliphatic heterocycles. The summed E-state index contributed by atoms with van der Waals surface area (Å²) in [5, 5.41) is 14.0. The molecule has 7 heteroatoms. The largest absolute Gasteiger partial charge is 0.390 e. The zero-order valence-corrected chi connectivity index (χ0v) is 22.3. The molecule has 0 aliphatic rings. The molecule has 2 amide bonds. The lowest BCUT2D eigenvalue weighted by atomic mass is 10.0. The highest BCUT2D eigenvalue weighted by Gasteiger charge is 2.23. The average molecular weight is 518 g/mol. The van der Waals surface area contributed by atoms with E-state index in [9.17, 15) is 14.7 Å². The quantitative estimate of drug-likeness (QED) is 0.206. The number of hydroxylamine groups is 1. The Hall–Kier alpha value is -3.52. The van der Waals surface area contributed by atoms with Crippen molar-refractivity contribution < 1.29 is 19.5 Å². The van der Waals surface area contributed by atoms with Crippen LogP contribution in [-0.2, 0) is 17.9 Å². The standard InChI is InChI=1S/C31H39N3O4/c1-3-18-34(19-4-2)31(37)27-17-11-16-26(21-27)30(36)33-28(20-24-12-7-5-8-13-24)29(35)22-32-38-23-25-14-9-6-10-15-25/h5-17,21,28-29,32,35H,3-4,18-20,22-23H2,1-2H3,(H,33,36). The monoisotopic (exact) mass is 517 g/mol. The summed E-state index contributed by atoms with van der Waals surface area (Å²) in [6, 6.07) is 25.6. The molecule has 0 aliphatic carbocycles. The molecule has 0 radical (unpaired) electrons. The van der Waals surface area contributed by atoms with Gasteiger partial charge < -0.3 is 15.3 Å². The van der Waals surface area contributed by atoms with Crippen molar-refractivity contribution in [2.45, 2.75) is 51.9 Å². The third-order valence-corrected chi connectivity index (χ3v) is 6.20. The Morgan fingerprint density at radius 1 is 0.842 bits per heavy atom. The second-order valence-corrected chi connectivity index (χ2v) is 9.33. The van der Waals surface area contributed by atoms with E-state index < -0.39 is 12.1 Å². The van der Waals surface area contributed by atoms with Crippen molar-refractivity contribution in [3.63, 3.8) is 0 Å². The Balaban J connectivity index is 1.67. The van der Waals surface area contributed by atoms with Crippen LogP contribution in [0.4, 0.5) is 0 Å². The molecule has 2 unspecified atom stereocenters.